The summed E-state index contributed by atoms with van der Waals surface area (Å²) in [7, 11) is -3.35. The molecule has 0 atom stereocenters. The number of benzene rings is 2. The first-order chi connectivity index (χ1) is 16.2. The maximum Gasteiger partial charge on any atom is 0.266 e. The van der Waals surface area contributed by atoms with Crippen LogP contribution in [0.3, 0.4) is 0 Å². The minimum atomic E-state index is -3.35. The second kappa shape index (κ2) is 11.1. The van der Waals surface area contributed by atoms with Gasteiger partial charge < -0.3 is 10.1 Å². The van der Waals surface area contributed by atoms with Crippen molar-refractivity contribution in [1.29, 1.82) is 0 Å². The van der Waals surface area contributed by atoms with Crippen molar-refractivity contribution in [3.8, 4) is 17.0 Å². The average molecular weight is 484 g/mol. The molecular formula is C25H29N3O5S. The summed E-state index contributed by atoms with van der Waals surface area (Å²) >= 11 is 0. The van der Waals surface area contributed by atoms with E-state index in [9.17, 15) is 18.0 Å². The first kappa shape index (κ1) is 25.2. The molecule has 0 aliphatic rings. The minimum Gasteiger partial charge on any atom is -0.494 e. The third-order valence-electron chi connectivity index (χ3n) is 5.21. The fourth-order valence-corrected chi connectivity index (χ4v) is 4.33. The maximum absolute atomic E-state index is 12.3. The molecule has 0 radical (unpaired) electrons. The van der Waals surface area contributed by atoms with Gasteiger partial charge in [0.2, 0.25) is 5.91 Å². The molecule has 0 saturated carbocycles. The zero-order valence-corrected chi connectivity index (χ0v) is 20.3. The van der Waals surface area contributed by atoms with Crippen LogP contribution >= 0.6 is 0 Å². The van der Waals surface area contributed by atoms with E-state index in [-0.39, 0.29) is 35.9 Å². The number of nitrogens with zero attached hydrogens (tertiary/aromatic N) is 2. The van der Waals surface area contributed by atoms with E-state index < -0.39 is 15.1 Å². The van der Waals surface area contributed by atoms with E-state index >= 15 is 0 Å². The van der Waals surface area contributed by atoms with Crippen molar-refractivity contribution in [3.63, 3.8) is 0 Å². The Hall–Kier alpha value is -3.46. The van der Waals surface area contributed by atoms with Gasteiger partial charge in [0.25, 0.3) is 5.56 Å². The molecule has 2 aromatic carbocycles. The topological polar surface area (TPSA) is 107 Å². The summed E-state index contributed by atoms with van der Waals surface area (Å²) in [5.41, 5.74) is 1.94. The van der Waals surface area contributed by atoms with E-state index in [0.29, 0.717) is 17.9 Å². The van der Waals surface area contributed by atoms with Gasteiger partial charge >= 0.3 is 0 Å². The second-order valence-electron chi connectivity index (χ2n) is 8.00. The number of carbonyl (C=O) groups excluding carboxylic acids is 1. The molecule has 1 amide bonds. The van der Waals surface area contributed by atoms with Gasteiger partial charge in [-0.25, -0.2) is 13.1 Å². The predicted molar refractivity (Wildman–Crippen MR) is 131 cm³/mol. The van der Waals surface area contributed by atoms with Gasteiger partial charge in [-0.15, -0.1) is 0 Å². The largest absolute Gasteiger partial charge is 0.494 e. The van der Waals surface area contributed by atoms with Crippen LogP contribution in [0, 0.1) is 0 Å². The first-order valence-corrected chi connectivity index (χ1v) is 12.7. The molecule has 8 nitrogen and oxygen atoms in total. The lowest BCUT2D eigenvalue weighted by molar-refractivity contribution is -0.120. The van der Waals surface area contributed by atoms with Crippen LogP contribution in [0.5, 0.6) is 5.75 Å². The zero-order valence-electron chi connectivity index (χ0n) is 19.5. The van der Waals surface area contributed by atoms with Crippen LogP contribution < -0.4 is 15.6 Å². The van der Waals surface area contributed by atoms with Crippen molar-refractivity contribution in [1.82, 2.24) is 15.1 Å². The summed E-state index contributed by atoms with van der Waals surface area (Å²) in [6.07, 6.45) is 0.108. The fraction of sp³-hybridized carbons (Fsp3) is 0.320. The number of amides is 1. The summed E-state index contributed by atoms with van der Waals surface area (Å²) in [6, 6.07) is 16.9. The van der Waals surface area contributed by atoms with Crippen molar-refractivity contribution in [2.75, 3.05) is 13.2 Å². The molecule has 9 heteroatoms. The van der Waals surface area contributed by atoms with Gasteiger partial charge in [-0.1, -0.05) is 12.1 Å². The van der Waals surface area contributed by atoms with Crippen LogP contribution in [0.4, 0.5) is 0 Å². The molecular weight excluding hydrogens is 454 g/mol. The molecule has 0 aliphatic carbocycles. The van der Waals surface area contributed by atoms with Crippen LogP contribution in [0.2, 0.25) is 0 Å². The first-order valence-electron chi connectivity index (χ1n) is 11.1. The standard InChI is InChI=1S/C25H29N3O5S/c1-4-33-21-9-7-20(8-10-21)23-13-14-25(30)28(27-23)16-15-26-24(29)17-19-5-11-22(12-6-19)34(31,32)18(2)3/h5-14,18H,4,15-17H2,1-3H3,(H,26,29). The lowest BCUT2D eigenvalue weighted by atomic mass is 10.1. The third-order valence-corrected chi connectivity index (χ3v) is 7.38. The number of carbonyl (C=O) groups is 1. The minimum absolute atomic E-state index is 0.108. The van der Waals surface area contributed by atoms with E-state index in [1.807, 2.05) is 31.2 Å². The molecule has 0 aliphatic heterocycles. The molecule has 0 saturated heterocycles. The summed E-state index contributed by atoms with van der Waals surface area (Å²) in [6.45, 7) is 6.22. The third kappa shape index (κ3) is 6.32. The zero-order chi connectivity index (χ0) is 24.7. The molecule has 1 aromatic heterocycles. The molecule has 34 heavy (non-hydrogen) atoms. The molecule has 3 rings (SSSR count). The Kier molecular flexibility index (Phi) is 8.22. The highest BCUT2D eigenvalue weighted by Crippen LogP contribution is 2.20. The lowest BCUT2D eigenvalue weighted by Crippen LogP contribution is -2.32. The van der Waals surface area contributed by atoms with Crippen molar-refractivity contribution < 1.29 is 17.9 Å². The van der Waals surface area contributed by atoms with Crippen LogP contribution in [-0.4, -0.2) is 42.5 Å². The summed E-state index contributed by atoms with van der Waals surface area (Å²) < 4.78 is 31.2. The van der Waals surface area contributed by atoms with Gasteiger partial charge in [0.05, 0.1) is 35.4 Å². The quantitative estimate of drug-likeness (QED) is 0.475. The van der Waals surface area contributed by atoms with Gasteiger partial charge in [0.1, 0.15) is 5.75 Å². The maximum atomic E-state index is 12.3. The van der Waals surface area contributed by atoms with Gasteiger partial charge in [0, 0.05) is 18.2 Å². The number of nitrogens with one attached hydrogen (secondary N) is 1. The van der Waals surface area contributed by atoms with Crippen molar-refractivity contribution in [3.05, 3.63) is 76.6 Å². The summed E-state index contributed by atoms with van der Waals surface area (Å²) in [4.78, 5) is 24.7. The molecule has 0 unspecified atom stereocenters. The van der Waals surface area contributed by atoms with Crippen molar-refractivity contribution in [2.24, 2.45) is 0 Å². The number of aromatic nitrogens is 2. The smallest absolute Gasteiger partial charge is 0.266 e. The van der Waals surface area contributed by atoms with Crippen LogP contribution in [-0.2, 0) is 27.6 Å². The molecule has 0 bridgehead atoms. The number of rotatable bonds is 10. The molecule has 0 spiro atoms. The molecule has 1 heterocycles. The highest BCUT2D eigenvalue weighted by molar-refractivity contribution is 7.92. The Balaban J connectivity index is 1.57. The lowest BCUT2D eigenvalue weighted by Gasteiger charge is -2.10. The SMILES string of the molecule is CCOc1ccc(-c2ccc(=O)n(CCNC(=O)Cc3ccc(S(=O)(=O)C(C)C)cc3)n2)cc1. The van der Waals surface area contributed by atoms with Gasteiger partial charge in [0.15, 0.2) is 9.84 Å². The normalized spacial score (nSPS) is 11.4. The Bertz CT molecular complexity index is 1280. The Morgan fingerprint density at radius 2 is 1.71 bits per heavy atom. The van der Waals surface area contributed by atoms with E-state index in [1.165, 1.54) is 22.9 Å². The van der Waals surface area contributed by atoms with E-state index in [1.54, 1.807) is 32.0 Å². The predicted octanol–water partition coefficient (Wildman–Crippen LogP) is 2.85. The average Bonchev–Trinajstić information content (AvgIpc) is 2.81. The molecule has 0 fully saturated rings. The molecule has 3 aromatic rings. The summed E-state index contributed by atoms with van der Waals surface area (Å²) in [5, 5.41) is 6.67. The van der Waals surface area contributed by atoms with E-state index in [0.717, 1.165) is 11.3 Å². The van der Waals surface area contributed by atoms with Gasteiger partial charge in [-0.2, -0.15) is 5.10 Å². The molecule has 180 valence electrons. The highest BCUT2D eigenvalue weighted by atomic mass is 32.2. The van der Waals surface area contributed by atoms with E-state index in [4.69, 9.17) is 4.74 Å². The number of hydrogen-bond donors (Lipinski definition) is 1. The van der Waals surface area contributed by atoms with Gasteiger partial charge in [-0.3, -0.25) is 9.59 Å². The van der Waals surface area contributed by atoms with Crippen molar-refractivity contribution >= 4 is 15.7 Å². The highest BCUT2D eigenvalue weighted by Gasteiger charge is 2.18. The number of hydrogen-bond acceptors (Lipinski definition) is 6. The Labute approximate surface area is 199 Å². The van der Waals surface area contributed by atoms with Crippen LogP contribution in [0.1, 0.15) is 26.3 Å². The van der Waals surface area contributed by atoms with Crippen molar-refractivity contribution in [2.45, 2.75) is 43.9 Å². The van der Waals surface area contributed by atoms with Gasteiger partial charge in [-0.05, 0) is 68.8 Å². The second-order valence-corrected chi connectivity index (χ2v) is 10.5. The Morgan fingerprint density at radius 3 is 2.32 bits per heavy atom. The monoisotopic (exact) mass is 483 g/mol. The number of ether oxygens (including phenoxy) is 1. The van der Waals surface area contributed by atoms with Crippen LogP contribution in [0.15, 0.2) is 70.4 Å². The molecule has 1 N–H and O–H groups in total. The summed E-state index contributed by atoms with van der Waals surface area (Å²) in [5.74, 6) is 0.536. The van der Waals surface area contributed by atoms with E-state index in [2.05, 4.69) is 10.4 Å². The van der Waals surface area contributed by atoms with Crippen LogP contribution in [0.25, 0.3) is 11.3 Å². The number of sulfone groups is 1. The Morgan fingerprint density at radius 1 is 1.03 bits per heavy atom. The fourth-order valence-electron chi connectivity index (χ4n) is 3.27.